The molecule has 0 saturated heterocycles. The third-order valence-electron chi connectivity index (χ3n) is 8.63. The van der Waals surface area contributed by atoms with Crippen LogP contribution in [0.2, 0.25) is 0 Å². The highest BCUT2D eigenvalue weighted by Crippen LogP contribution is 2.45. The molecule has 42 heavy (non-hydrogen) atoms. The highest BCUT2D eigenvalue weighted by atomic mass is 32.2. The number of carbonyl (C=O) groups excluding carboxylic acids is 2. The average molecular weight is 593 g/mol. The lowest BCUT2D eigenvalue weighted by molar-refractivity contribution is -0.157. The van der Waals surface area contributed by atoms with Crippen LogP contribution in [0.5, 0.6) is 0 Å². The smallest absolute Gasteiger partial charge is 0.340 e. The molecule has 2 aromatic heterocycles. The van der Waals surface area contributed by atoms with Gasteiger partial charge in [0.2, 0.25) is 0 Å². The van der Waals surface area contributed by atoms with Crippen LogP contribution in [0.1, 0.15) is 79.5 Å². The van der Waals surface area contributed by atoms with Gasteiger partial charge in [0.25, 0.3) is 11.5 Å². The van der Waals surface area contributed by atoms with Crippen LogP contribution in [-0.4, -0.2) is 48.8 Å². The van der Waals surface area contributed by atoms with Crippen molar-refractivity contribution in [3.63, 3.8) is 0 Å². The van der Waals surface area contributed by atoms with Crippen molar-refractivity contribution in [2.45, 2.75) is 88.7 Å². The Hall–Kier alpha value is -3.41. The highest BCUT2D eigenvalue weighted by Gasteiger charge is 2.38. The number of halogens is 1. The van der Waals surface area contributed by atoms with Gasteiger partial charge >= 0.3 is 5.97 Å². The summed E-state index contributed by atoms with van der Waals surface area (Å²) < 4.78 is 21.1. The molecule has 3 N–H and O–H groups in total. The Morgan fingerprint density at radius 3 is 2.74 bits per heavy atom. The first-order valence-electron chi connectivity index (χ1n) is 14.1. The van der Waals surface area contributed by atoms with E-state index >= 15 is 4.39 Å². The Morgan fingerprint density at radius 2 is 2.02 bits per heavy atom. The Bertz CT molecular complexity index is 1780. The maximum atomic E-state index is 15.1. The van der Waals surface area contributed by atoms with Crippen molar-refractivity contribution in [1.29, 1.82) is 0 Å². The van der Waals surface area contributed by atoms with Gasteiger partial charge in [-0.05, 0) is 61.6 Å². The second-order valence-electron chi connectivity index (χ2n) is 12.1. The number of aliphatic imine (C=N–C) groups is 1. The predicted octanol–water partition coefficient (Wildman–Crippen LogP) is 3.84. The van der Waals surface area contributed by atoms with Crippen LogP contribution in [-0.2, 0) is 33.9 Å². The van der Waals surface area contributed by atoms with Crippen molar-refractivity contribution < 1.29 is 23.8 Å². The molecule has 1 aliphatic carbocycles. The molecule has 0 bridgehead atoms. The Morgan fingerprint density at radius 1 is 1.29 bits per heavy atom. The second kappa shape index (κ2) is 10.1. The highest BCUT2D eigenvalue weighted by molar-refractivity contribution is 8.01. The molecule has 0 spiro atoms. The van der Waals surface area contributed by atoms with E-state index < -0.39 is 28.8 Å². The molecule has 0 saturated carbocycles. The Labute approximate surface area is 246 Å². The zero-order valence-corrected chi connectivity index (χ0v) is 25.0. The van der Waals surface area contributed by atoms with E-state index in [2.05, 4.69) is 18.8 Å². The molecule has 1 unspecified atom stereocenters. The third kappa shape index (κ3) is 4.40. The first kappa shape index (κ1) is 28.7. The molecule has 3 aliphatic rings. The molecular weight excluding hydrogens is 559 g/mol. The number of amides is 1. The number of esters is 1. The van der Waals surface area contributed by atoms with Crippen LogP contribution >= 0.6 is 11.8 Å². The summed E-state index contributed by atoms with van der Waals surface area (Å²) in [6, 6.07) is 2.20. The summed E-state index contributed by atoms with van der Waals surface area (Å²) >= 11 is 1.62. The van der Waals surface area contributed by atoms with E-state index in [0.717, 1.165) is 22.1 Å². The van der Waals surface area contributed by atoms with E-state index in [4.69, 9.17) is 15.5 Å². The summed E-state index contributed by atoms with van der Waals surface area (Å²) in [5.41, 5.74) is 10.8. The molecule has 9 nitrogen and oxygen atoms in total. The molecule has 0 radical (unpaired) electrons. The molecule has 1 aromatic carbocycles. The lowest BCUT2D eigenvalue weighted by atomic mass is 9.78. The van der Waals surface area contributed by atoms with Crippen molar-refractivity contribution >= 4 is 40.8 Å². The van der Waals surface area contributed by atoms with E-state index in [-0.39, 0.29) is 46.8 Å². The minimum atomic E-state index is -1.57. The first-order chi connectivity index (χ1) is 19.8. The van der Waals surface area contributed by atoms with Gasteiger partial charge in [0.05, 0.1) is 29.0 Å². The summed E-state index contributed by atoms with van der Waals surface area (Å²) in [6.07, 6.45) is 1.23. The van der Waals surface area contributed by atoms with Crippen LogP contribution in [0.15, 0.2) is 21.9 Å². The number of ether oxygens (including phenoxy) is 1. The number of benzene rings is 1. The Kier molecular flexibility index (Phi) is 6.90. The van der Waals surface area contributed by atoms with E-state index in [1.165, 1.54) is 6.07 Å². The van der Waals surface area contributed by atoms with Crippen molar-refractivity contribution in [2.75, 3.05) is 0 Å². The fraction of sp³-hybridized carbons (Fsp3) is 0.452. The number of thioether (sulfide) groups is 1. The molecule has 4 heterocycles. The molecule has 1 amide bonds. The maximum Gasteiger partial charge on any atom is 0.340 e. The summed E-state index contributed by atoms with van der Waals surface area (Å²) in [6.45, 7) is 9.71. The van der Waals surface area contributed by atoms with Gasteiger partial charge < -0.3 is 20.1 Å². The number of rotatable bonds is 5. The lowest BCUT2D eigenvalue weighted by Crippen LogP contribution is -2.46. The van der Waals surface area contributed by atoms with Crippen LogP contribution in [0.25, 0.3) is 22.3 Å². The Balaban J connectivity index is 1.50. The van der Waals surface area contributed by atoms with Gasteiger partial charge in [0.15, 0.2) is 6.10 Å². The van der Waals surface area contributed by atoms with Gasteiger partial charge in [-0.3, -0.25) is 9.59 Å². The van der Waals surface area contributed by atoms with Crippen LogP contribution in [0.3, 0.4) is 0 Å². The van der Waals surface area contributed by atoms with E-state index in [0.29, 0.717) is 35.3 Å². The van der Waals surface area contributed by atoms with Crippen LogP contribution in [0, 0.1) is 12.7 Å². The fourth-order valence-corrected chi connectivity index (χ4v) is 7.97. The van der Waals surface area contributed by atoms with Gasteiger partial charge in [0.1, 0.15) is 18.5 Å². The van der Waals surface area contributed by atoms with E-state index in [9.17, 15) is 19.5 Å². The largest absolute Gasteiger partial charge is 0.458 e. The number of cyclic esters (lactones) is 1. The molecule has 6 rings (SSSR count). The third-order valence-corrected chi connectivity index (χ3v) is 9.96. The van der Waals surface area contributed by atoms with Gasteiger partial charge in [-0.25, -0.2) is 19.2 Å². The van der Waals surface area contributed by atoms with Gasteiger partial charge in [0, 0.05) is 39.5 Å². The zero-order chi connectivity index (χ0) is 30.2. The van der Waals surface area contributed by atoms with Crippen molar-refractivity contribution in [2.24, 2.45) is 10.7 Å². The number of nitrogens with two attached hydrogens (primary N) is 1. The second-order valence-corrected chi connectivity index (χ2v) is 14.3. The van der Waals surface area contributed by atoms with Crippen LogP contribution in [0.4, 0.5) is 4.39 Å². The van der Waals surface area contributed by atoms with E-state index in [1.807, 2.05) is 13.8 Å². The van der Waals surface area contributed by atoms with E-state index in [1.54, 1.807) is 35.5 Å². The van der Waals surface area contributed by atoms with Gasteiger partial charge in [-0.1, -0.05) is 13.8 Å². The maximum absolute atomic E-state index is 15.1. The first-order valence-corrected chi connectivity index (χ1v) is 15.0. The molecule has 3 aromatic rings. The average Bonchev–Trinajstić information content (AvgIpc) is 3.30. The standard InChI is InChI=1S/C31H33FN4O5S/c1-13(2)42-31(4,5)27(33)28(38)34-10-15-6-7-16-14(3)20(32)9-21-24(16)23(15)18-11-36-22(25(18)35-21)8-17-19(29(36)39)12-41-30(40)26(17)37/h8-10,13,15,26-27,37H,6-7,11-12,33H2,1-5H3/t15?,26-,27+/m0/s1. The number of aromatic nitrogens is 2. The molecule has 3 atom stereocenters. The molecule has 2 aliphatic heterocycles. The summed E-state index contributed by atoms with van der Waals surface area (Å²) in [5.74, 6) is -1.90. The number of fused-ring (bicyclic) bond motifs is 5. The molecular formula is C31H33FN4O5S. The number of hydrogen-bond donors (Lipinski definition) is 2. The number of pyridine rings is 2. The fourth-order valence-electron chi connectivity index (χ4n) is 6.51. The van der Waals surface area contributed by atoms with Gasteiger partial charge in [-0.15, -0.1) is 0 Å². The lowest BCUT2D eigenvalue weighted by Gasteiger charge is -2.30. The minimum Gasteiger partial charge on any atom is -0.458 e. The number of carbonyl (C=O) groups is 2. The summed E-state index contributed by atoms with van der Waals surface area (Å²) in [7, 11) is 0. The topological polar surface area (TPSA) is 137 Å². The number of aliphatic hydroxyl groups is 1. The quantitative estimate of drug-likeness (QED) is 0.264. The molecule has 11 heteroatoms. The summed E-state index contributed by atoms with van der Waals surface area (Å²) in [4.78, 5) is 47.9. The monoisotopic (exact) mass is 592 g/mol. The van der Waals surface area contributed by atoms with Crippen molar-refractivity contribution in [3.8, 4) is 11.4 Å². The number of aliphatic hydroxyl groups excluding tert-OH is 1. The normalized spacial score (nSPS) is 20.1. The van der Waals surface area contributed by atoms with Gasteiger partial charge in [-0.2, -0.15) is 11.8 Å². The molecule has 0 fully saturated rings. The van der Waals surface area contributed by atoms with Crippen molar-refractivity contribution in [1.82, 2.24) is 9.55 Å². The predicted molar refractivity (Wildman–Crippen MR) is 159 cm³/mol. The minimum absolute atomic E-state index is 0.196. The van der Waals surface area contributed by atoms with Crippen LogP contribution < -0.4 is 11.3 Å². The summed E-state index contributed by atoms with van der Waals surface area (Å²) in [5, 5.41) is 11.6. The zero-order valence-electron chi connectivity index (χ0n) is 24.2. The number of nitrogens with zero attached hydrogens (tertiary/aromatic N) is 3. The number of hydrogen-bond acceptors (Lipinski definition) is 8. The van der Waals surface area contributed by atoms with Crippen molar-refractivity contribution in [3.05, 3.63) is 61.7 Å². The SMILES string of the molecule is Cc1c(F)cc2nc3c(c4c2c1CCC4C=NC(=O)[C@@H](N)C(C)(C)SC(C)C)Cn1c-3cc2c(c1=O)COC(=O)[C@H]2O. The molecule has 220 valence electrons. The number of aryl methyl sites for hydroxylation is 1.